The minimum atomic E-state index is -0.113. The Labute approximate surface area is 137 Å². The van der Waals surface area contributed by atoms with E-state index in [1.807, 2.05) is 6.92 Å². The van der Waals surface area contributed by atoms with Crippen molar-refractivity contribution in [1.82, 2.24) is 25.4 Å². The molecule has 0 aromatic carbocycles. The maximum atomic E-state index is 12.0. The maximum Gasteiger partial charge on any atom is 0.225 e. The lowest BCUT2D eigenvalue weighted by Gasteiger charge is -2.01. The van der Waals surface area contributed by atoms with Crippen molar-refractivity contribution in [2.45, 2.75) is 19.8 Å². The van der Waals surface area contributed by atoms with Gasteiger partial charge in [0.15, 0.2) is 5.82 Å². The minimum Gasteiger partial charge on any atom is -0.364 e. The summed E-state index contributed by atoms with van der Waals surface area (Å²) in [6.45, 7) is 1.94. The number of carbonyl (C=O) groups excluding carboxylic acids is 1. The van der Waals surface area contributed by atoms with Crippen LogP contribution in [0.15, 0.2) is 30.7 Å². The Morgan fingerprint density at radius 1 is 1.30 bits per heavy atom. The van der Waals surface area contributed by atoms with Gasteiger partial charge in [-0.1, -0.05) is 11.6 Å². The van der Waals surface area contributed by atoms with E-state index in [1.165, 1.54) is 0 Å². The Bertz CT molecular complexity index is 825. The van der Waals surface area contributed by atoms with Crippen LogP contribution >= 0.6 is 11.6 Å². The molecule has 3 aromatic rings. The maximum absolute atomic E-state index is 12.0. The van der Waals surface area contributed by atoms with Gasteiger partial charge in [0.25, 0.3) is 0 Å². The number of aromatic nitrogens is 5. The molecule has 0 unspecified atom stereocenters. The van der Waals surface area contributed by atoms with Crippen LogP contribution in [-0.2, 0) is 11.2 Å². The van der Waals surface area contributed by atoms with Crippen molar-refractivity contribution in [3.63, 3.8) is 0 Å². The van der Waals surface area contributed by atoms with Gasteiger partial charge in [-0.2, -0.15) is 15.3 Å². The van der Waals surface area contributed by atoms with Crippen molar-refractivity contribution in [1.29, 1.82) is 0 Å². The van der Waals surface area contributed by atoms with Crippen LogP contribution in [0.4, 0.5) is 5.82 Å². The van der Waals surface area contributed by atoms with Crippen LogP contribution in [0.1, 0.15) is 17.7 Å². The summed E-state index contributed by atoms with van der Waals surface area (Å²) >= 11 is 5.82. The summed E-state index contributed by atoms with van der Waals surface area (Å²) in [5.74, 6) is 0.365. The summed E-state index contributed by atoms with van der Waals surface area (Å²) in [6.07, 6.45) is 5.96. The first-order valence-corrected chi connectivity index (χ1v) is 7.45. The first-order chi connectivity index (χ1) is 11.1. The van der Waals surface area contributed by atoms with Crippen LogP contribution in [0.5, 0.6) is 0 Å². The fourth-order valence-corrected chi connectivity index (χ4v) is 2.38. The number of rotatable bonds is 5. The summed E-state index contributed by atoms with van der Waals surface area (Å²) in [4.78, 5) is 15.0. The van der Waals surface area contributed by atoms with Crippen molar-refractivity contribution in [2.75, 3.05) is 5.32 Å². The predicted octanol–water partition coefficient (Wildman–Crippen LogP) is 2.73. The third-order valence-electron chi connectivity index (χ3n) is 3.39. The lowest BCUT2D eigenvalue weighted by Crippen LogP contribution is -2.12. The number of carbonyl (C=O) groups is 1. The second-order valence-electron chi connectivity index (χ2n) is 5.14. The molecule has 3 N–H and O–H groups in total. The van der Waals surface area contributed by atoms with E-state index < -0.39 is 0 Å². The Morgan fingerprint density at radius 2 is 2.13 bits per heavy atom. The molecule has 0 spiro atoms. The topological polar surface area (TPSA) is 99.3 Å². The lowest BCUT2D eigenvalue weighted by atomic mass is 10.1. The fourth-order valence-electron chi connectivity index (χ4n) is 2.20. The van der Waals surface area contributed by atoms with Gasteiger partial charge in [0.05, 0.1) is 23.1 Å². The third-order valence-corrected chi connectivity index (χ3v) is 3.61. The second-order valence-corrected chi connectivity index (χ2v) is 5.58. The smallest absolute Gasteiger partial charge is 0.225 e. The average molecular weight is 331 g/mol. The largest absolute Gasteiger partial charge is 0.364 e. The van der Waals surface area contributed by atoms with Crippen molar-refractivity contribution in [3.05, 3.63) is 47.0 Å². The predicted molar refractivity (Wildman–Crippen MR) is 87.1 cm³/mol. The number of H-pyrrole nitrogens is 2. The third kappa shape index (κ3) is 3.75. The van der Waals surface area contributed by atoms with Crippen LogP contribution in [0.25, 0.3) is 11.3 Å². The SMILES string of the molecule is Cc1cnncc1-c1cc(NC(=O)CCc2cc(Cl)c[nH]2)n[nH]1. The molecule has 0 saturated heterocycles. The Kier molecular flexibility index (Phi) is 4.38. The van der Waals surface area contributed by atoms with Gasteiger partial charge in [0.1, 0.15) is 0 Å². The molecule has 1 amide bonds. The molecule has 3 aromatic heterocycles. The molecule has 0 bridgehead atoms. The molecule has 3 rings (SSSR count). The Hall–Kier alpha value is -2.67. The lowest BCUT2D eigenvalue weighted by molar-refractivity contribution is -0.116. The molecule has 0 fully saturated rings. The molecule has 8 heteroatoms. The average Bonchev–Trinajstić information content (AvgIpc) is 3.15. The monoisotopic (exact) mass is 330 g/mol. The molecule has 0 aliphatic heterocycles. The first kappa shape index (κ1) is 15.2. The molecular formula is C15H15ClN6O. The molecule has 0 atom stereocenters. The van der Waals surface area contributed by atoms with Crippen molar-refractivity contribution >= 4 is 23.3 Å². The van der Waals surface area contributed by atoms with Gasteiger partial charge in [-0.3, -0.25) is 9.89 Å². The van der Waals surface area contributed by atoms with E-state index in [-0.39, 0.29) is 5.91 Å². The van der Waals surface area contributed by atoms with Crippen molar-refractivity contribution < 1.29 is 4.79 Å². The van der Waals surface area contributed by atoms with Crippen molar-refractivity contribution in [3.8, 4) is 11.3 Å². The zero-order chi connectivity index (χ0) is 16.2. The van der Waals surface area contributed by atoms with Gasteiger partial charge in [-0.25, -0.2) is 0 Å². The fraction of sp³-hybridized carbons (Fsp3) is 0.200. The number of nitrogens with one attached hydrogen (secondary N) is 3. The number of hydrogen-bond donors (Lipinski definition) is 3. The summed E-state index contributed by atoms with van der Waals surface area (Å²) in [5.41, 5.74) is 3.58. The molecule has 0 aliphatic rings. The quantitative estimate of drug-likeness (QED) is 0.669. The van der Waals surface area contributed by atoms with E-state index in [1.54, 1.807) is 30.7 Å². The second kappa shape index (κ2) is 6.62. The van der Waals surface area contributed by atoms with Crippen molar-refractivity contribution in [2.24, 2.45) is 0 Å². The highest BCUT2D eigenvalue weighted by atomic mass is 35.5. The number of amides is 1. The summed E-state index contributed by atoms with van der Waals surface area (Å²) in [7, 11) is 0. The van der Waals surface area contributed by atoms with E-state index in [9.17, 15) is 4.79 Å². The van der Waals surface area contributed by atoms with Gasteiger partial charge in [0, 0.05) is 29.9 Å². The van der Waals surface area contributed by atoms with Gasteiger partial charge >= 0.3 is 0 Å². The number of aryl methyl sites for hydroxylation is 2. The zero-order valence-corrected chi connectivity index (χ0v) is 13.2. The molecule has 0 saturated carbocycles. The van der Waals surface area contributed by atoms with Crippen LogP contribution < -0.4 is 5.32 Å². The zero-order valence-electron chi connectivity index (χ0n) is 12.4. The molecule has 0 aliphatic carbocycles. The highest BCUT2D eigenvalue weighted by Crippen LogP contribution is 2.21. The molecular weight excluding hydrogens is 316 g/mol. The van der Waals surface area contributed by atoms with Gasteiger partial charge < -0.3 is 10.3 Å². The van der Waals surface area contributed by atoms with E-state index in [0.29, 0.717) is 23.7 Å². The normalized spacial score (nSPS) is 10.7. The van der Waals surface area contributed by atoms with Crippen LogP contribution in [0, 0.1) is 6.92 Å². The molecule has 23 heavy (non-hydrogen) atoms. The van der Waals surface area contributed by atoms with E-state index in [2.05, 4.69) is 30.7 Å². The van der Waals surface area contributed by atoms with Crippen LogP contribution in [-0.4, -0.2) is 31.3 Å². The molecule has 3 heterocycles. The van der Waals surface area contributed by atoms with Gasteiger partial charge in [-0.15, -0.1) is 0 Å². The molecule has 118 valence electrons. The Morgan fingerprint density at radius 3 is 2.87 bits per heavy atom. The van der Waals surface area contributed by atoms with E-state index in [0.717, 1.165) is 22.5 Å². The highest BCUT2D eigenvalue weighted by Gasteiger charge is 2.10. The first-order valence-electron chi connectivity index (χ1n) is 7.07. The summed E-state index contributed by atoms with van der Waals surface area (Å²) < 4.78 is 0. The molecule has 7 nitrogen and oxygen atoms in total. The van der Waals surface area contributed by atoms with E-state index in [4.69, 9.17) is 11.6 Å². The number of halogens is 1. The minimum absolute atomic E-state index is 0.113. The standard InChI is InChI=1S/C15H15ClN6O/c1-9-6-18-19-8-12(9)13-5-14(22-21-13)20-15(23)3-2-11-4-10(16)7-17-11/h4-8,17H,2-3H2,1H3,(H2,20,21,22,23). The highest BCUT2D eigenvalue weighted by molar-refractivity contribution is 6.30. The van der Waals surface area contributed by atoms with Crippen LogP contribution in [0.2, 0.25) is 5.02 Å². The number of nitrogens with zero attached hydrogens (tertiary/aromatic N) is 3. The summed E-state index contributed by atoms with van der Waals surface area (Å²) in [5, 5.41) is 18.1. The molecule has 0 radical (unpaired) electrons. The number of hydrogen-bond acceptors (Lipinski definition) is 4. The van der Waals surface area contributed by atoms with E-state index >= 15 is 0 Å². The number of anilines is 1. The van der Waals surface area contributed by atoms with Gasteiger partial charge in [-0.05, 0) is 25.0 Å². The van der Waals surface area contributed by atoms with Gasteiger partial charge in [0.2, 0.25) is 5.91 Å². The Balaban J connectivity index is 1.60. The van der Waals surface area contributed by atoms with Crippen LogP contribution in [0.3, 0.4) is 0 Å². The summed E-state index contributed by atoms with van der Waals surface area (Å²) in [6, 6.07) is 3.58. The number of aromatic amines is 2.